The molecule has 0 saturated carbocycles. The van der Waals surface area contributed by atoms with Crippen LogP contribution in [0.25, 0.3) is 0 Å². The highest BCUT2D eigenvalue weighted by molar-refractivity contribution is 9.10. The predicted octanol–water partition coefficient (Wildman–Crippen LogP) is 4.58. The van der Waals surface area contributed by atoms with Crippen LogP contribution in [0.5, 0.6) is 0 Å². The summed E-state index contributed by atoms with van der Waals surface area (Å²) >= 11 is 3.59. The van der Waals surface area contributed by atoms with Crippen molar-refractivity contribution in [2.24, 2.45) is 0 Å². The van der Waals surface area contributed by atoms with Crippen LogP contribution in [-0.2, 0) is 14.3 Å². The first-order valence-electron chi connectivity index (χ1n) is 9.11. The fraction of sp³-hybridized carbons (Fsp3) is 0.273. The number of allylic oxidation sites excluding steroid dienone is 3. The SMILES string of the molecule is COC(=O)C1=C(C)NC2=C(C(=O)C[C@@H](c3ccco3)C2)[C@H]1c1ccccc1Br. The molecule has 1 N–H and O–H groups in total. The third-order valence-electron chi connectivity index (χ3n) is 5.39. The van der Waals surface area contributed by atoms with E-state index in [1.807, 2.05) is 43.3 Å². The Hall–Kier alpha value is -2.60. The van der Waals surface area contributed by atoms with Crippen molar-refractivity contribution >= 4 is 27.7 Å². The van der Waals surface area contributed by atoms with Crippen LogP contribution in [0.15, 0.2) is 74.1 Å². The maximum Gasteiger partial charge on any atom is 0.336 e. The number of ether oxygens (including phenoxy) is 1. The fourth-order valence-electron chi connectivity index (χ4n) is 4.16. The Labute approximate surface area is 171 Å². The molecular formula is C22H20BrNO4. The van der Waals surface area contributed by atoms with E-state index in [0.29, 0.717) is 29.7 Å². The predicted molar refractivity (Wildman–Crippen MR) is 107 cm³/mol. The Morgan fingerprint density at radius 3 is 2.68 bits per heavy atom. The van der Waals surface area contributed by atoms with Gasteiger partial charge in [0.05, 0.1) is 18.9 Å². The van der Waals surface area contributed by atoms with Crippen molar-refractivity contribution in [1.82, 2.24) is 5.32 Å². The van der Waals surface area contributed by atoms with Gasteiger partial charge < -0.3 is 14.5 Å². The summed E-state index contributed by atoms with van der Waals surface area (Å²) in [7, 11) is 1.36. The van der Waals surface area contributed by atoms with E-state index < -0.39 is 11.9 Å². The molecule has 0 spiro atoms. The molecule has 28 heavy (non-hydrogen) atoms. The summed E-state index contributed by atoms with van der Waals surface area (Å²) in [5.74, 6) is -0.0898. The fourth-order valence-corrected chi connectivity index (χ4v) is 4.68. The van der Waals surface area contributed by atoms with Crippen molar-refractivity contribution in [2.45, 2.75) is 31.6 Å². The molecule has 1 aromatic carbocycles. The van der Waals surface area contributed by atoms with Gasteiger partial charge in [-0.05, 0) is 37.1 Å². The number of Topliss-reactive ketones (excluding diaryl/α,β-unsaturated/α-hetero) is 1. The van der Waals surface area contributed by atoms with Gasteiger partial charge in [0.2, 0.25) is 0 Å². The summed E-state index contributed by atoms with van der Waals surface area (Å²) in [6.07, 6.45) is 2.63. The zero-order valence-corrected chi connectivity index (χ0v) is 17.2. The van der Waals surface area contributed by atoms with E-state index in [-0.39, 0.29) is 11.7 Å². The number of halogens is 1. The average Bonchev–Trinajstić information content (AvgIpc) is 3.21. The molecule has 1 aromatic heterocycles. The second-order valence-corrected chi connectivity index (χ2v) is 7.90. The summed E-state index contributed by atoms with van der Waals surface area (Å²) in [6.45, 7) is 1.85. The Kier molecular flexibility index (Phi) is 4.98. The number of methoxy groups -OCH3 is 1. The lowest BCUT2D eigenvalue weighted by molar-refractivity contribution is -0.136. The quantitative estimate of drug-likeness (QED) is 0.706. The molecule has 2 heterocycles. The van der Waals surface area contributed by atoms with Crippen LogP contribution < -0.4 is 5.32 Å². The van der Waals surface area contributed by atoms with Gasteiger partial charge in [0.15, 0.2) is 5.78 Å². The first-order chi connectivity index (χ1) is 13.5. The highest BCUT2D eigenvalue weighted by atomic mass is 79.9. The number of benzene rings is 1. The number of hydrogen-bond donors (Lipinski definition) is 1. The lowest BCUT2D eigenvalue weighted by Crippen LogP contribution is -2.36. The maximum atomic E-state index is 13.3. The number of hydrogen-bond acceptors (Lipinski definition) is 5. The molecule has 0 bridgehead atoms. The number of furan rings is 1. The number of esters is 1. The van der Waals surface area contributed by atoms with E-state index in [4.69, 9.17) is 9.15 Å². The van der Waals surface area contributed by atoms with Gasteiger partial charge in [-0.2, -0.15) is 0 Å². The smallest absolute Gasteiger partial charge is 0.336 e. The lowest BCUT2D eigenvalue weighted by Gasteiger charge is -2.36. The molecule has 2 aromatic rings. The molecule has 1 aliphatic carbocycles. The van der Waals surface area contributed by atoms with Gasteiger partial charge in [-0.15, -0.1) is 0 Å². The summed E-state index contributed by atoms with van der Waals surface area (Å²) < 4.78 is 11.4. The largest absolute Gasteiger partial charge is 0.469 e. The molecule has 4 rings (SSSR count). The van der Waals surface area contributed by atoms with Crippen molar-refractivity contribution in [3.05, 3.63) is 81.0 Å². The first-order valence-corrected chi connectivity index (χ1v) is 9.90. The van der Waals surface area contributed by atoms with Crippen molar-refractivity contribution in [1.29, 1.82) is 0 Å². The molecule has 0 amide bonds. The normalized spacial score (nSPS) is 22.0. The average molecular weight is 442 g/mol. The van der Waals surface area contributed by atoms with E-state index in [9.17, 15) is 9.59 Å². The van der Waals surface area contributed by atoms with Gasteiger partial charge >= 0.3 is 5.97 Å². The van der Waals surface area contributed by atoms with Crippen LogP contribution in [0.2, 0.25) is 0 Å². The molecule has 6 heteroatoms. The number of dihydropyridines is 1. The zero-order valence-electron chi connectivity index (χ0n) is 15.6. The van der Waals surface area contributed by atoms with Gasteiger partial charge in [0, 0.05) is 39.7 Å². The minimum Gasteiger partial charge on any atom is -0.469 e. The number of nitrogens with one attached hydrogen (secondary N) is 1. The highest BCUT2D eigenvalue weighted by Crippen LogP contribution is 2.47. The highest BCUT2D eigenvalue weighted by Gasteiger charge is 2.42. The second-order valence-electron chi connectivity index (χ2n) is 7.05. The molecule has 5 nitrogen and oxygen atoms in total. The van der Waals surface area contributed by atoms with Crippen molar-refractivity contribution in [2.75, 3.05) is 7.11 Å². The van der Waals surface area contributed by atoms with Crippen LogP contribution in [0.4, 0.5) is 0 Å². The summed E-state index contributed by atoms with van der Waals surface area (Å²) in [4.78, 5) is 25.9. The number of rotatable bonds is 3. The molecule has 1 aliphatic heterocycles. The van der Waals surface area contributed by atoms with E-state index in [2.05, 4.69) is 21.2 Å². The van der Waals surface area contributed by atoms with Gasteiger partial charge in [-0.25, -0.2) is 4.79 Å². The van der Waals surface area contributed by atoms with E-state index in [1.165, 1.54) is 7.11 Å². The van der Waals surface area contributed by atoms with Gasteiger partial charge in [-0.3, -0.25) is 4.79 Å². The monoisotopic (exact) mass is 441 g/mol. The molecule has 144 valence electrons. The second kappa shape index (κ2) is 7.43. The third kappa shape index (κ3) is 3.11. The number of carbonyl (C=O) groups excluding carboxylic acids is 2. The van der Waals surface area contributed by atoms with Crippen LogP contribution >= 0.6 is 15.9 Å². The minimum absolute atomic E-state index is 0.0129. The molecule has 0 radical (unpaired) electrons. The van der Waals surface area contributed by atoms with Gasteiger partial charge in [0.1, 0.15) is 5.76 Å². The van der Waals surface area contributed by atoms with E-state index in [1.54, 1.807) is 6.26 Å². The van der Waals surface area contributed by atoms with Crippen molar-refractivity contribution in [3.8, 4) is 0 Å². The Bertz CT molecular complexity index is 1000. The number of ketones is 1. The zero-order chi connectivity index (χ0) is 19.8. The van der Waals surface area contributed by atoms with Crippen molar-refractivity contribution in [3.63, 3.8) is 0 Å². The summed E-state index contributed by atoms with van der Waals surface area (Å²) in [6, 6.07) is 11.4. The topological polar surface area (TPSA) is 68.5 Å². The number of carbonyl (C=O) groups is 2. The lowest BCUT2D eigenvalue weighted by atomic mass is 9.72. The van der Waals surface area contributed by atoms with Crippen LogP contribution in [0.3, 0.4) is 0 Å². The molecule has 2 atom stereocenters. The molecule has 0 unspecified atom stereocenters. The molecule has 0 saturated heterocycles. The summed E-state index contributed by atoms with van der Waals surface area (Å²) in [5.41, 5.74) is 3.54. The first kappa shape index (κ1) is 18.7. The van der Waals surface area contributed by atoms with E-state index >= 15 is 0 Å². The van der Waals surface area contributed by atoms with Gasteiger partial charge in [0.25, 0.3) is 0 Å². The van der Waals surface area contributed by atoms with Crippen LogP contribution in [-0.4, -0.2) is 18.9 Å². The molecule has 2 aliphatic rings. The Morgan fingerprint density at radius 2 is 2.00 bits per heavy atom. The Balaban J connectivity index is 1.85. The van der Waals surface area contributed by atoms with E-state index in [0.717, 1.165) is 21.5 Å². The maximum absolute atomic E-state index is 13.3. The molecule has 0 fully saturated rings. The standard InChI is InChI=1S/C22H20BrNO4/c1-12-19(22(26)27-2)20(14-6-3-4-7-15(14)23)21-16(24-12)10-13(11-17(21)25)18-8-5-9-28-18/h3-9,13,20,24H,10-11H2,1-2H3/t13-,20-/m0/s1. The van der Waals surface area contributed by atoms with Crippen molar-refractivity contribution < 1.29 is 18.7 Å². The summed E-state index contributed by atoms with van der Waals surface area (Å²) in [5, 5.41) is 3.31. The Morgan fingerprint density at radius 1 is 1.21 bits per heavy atom. The molecular weight excluding hydrogens is 422 g/mol. The minimum atomic E-state index is -0.468. The third-order valence-corrected chi connectivity index (χ3v) is 6.12. The van der Waals surface area contributed by atoms with Crippen LogP contribution in [0.1, 0.15) is 42.9 Å². The van der Waals surface area contributed by atoms with Gasteiger partial charge in [-0.1, -0.05) is 34.1 Å². The van der Waals surface area contributed by atoms with Crippen LogP contribution in [0, 0.1) is 0 Å².